The molecule has 5 aromatic carbocycles. The van der Waals surface area contributed by atoms with Crippen molar-refractivity contribution in [3.05, 3.63) is 198 Å². The number of nitrogens with zero attached hydrogens (tertiary/aromatic N) is 4. The van der Waals surface area contributed by atoms with Gasteiger partial charge < -0.3 is 4.74 Å². The van der Waals surface area contributed by atoms with Crippen molar-refractivity contribution in [3.8, 4) is 51.0 Å². The van der Waals surface area contributed by atoms with Crippen molar-refractivity contribution in [1.82, 2.24) is 15.0 Å². The molecule has 5 aliphatic rings. The topological polar surface area (TPSA) is 60.3 Å². The van der Waals surface area contributed by atoms with Gasteiger partial charge in [-0.05, 0) is 70.2 Å². The van der Waals surface area contributed by atoms with E-state index < -0.39 is 5.41 Å². The van der Waals surface area contributed by atoms with E-state index >= 15 is 0 Å². The number of hydrogen-bond acceptors (Lipinski definition) is 5. The molecule has 0 saturated heterocycles. The summed E-state index contributed by atoms with van der Waals surface area (Å²) in [6.45, 7) is 4.60. The van der Waals surface area contributed by atoms with Crippen molar-refractivity contribution >= 4 is 11.8 Å². The van der Waals surface area contributed by atoms with E-state index in [4.69, 9.17) is 24.7 Å². The molecule has 1 spiro atoms. The lowest BCUT2D eigenvalue weighted by Gasteiger charge is -2.53. The van der Waals surface area contributed by atoms with Crippen LogP contribution in [0.2, 0.25) is 0 Å². The molecule has 0 saturated carbocycles. The monoisotopic (exact) mass is 722 g/mol. The van der Waals surface area contributed by atoms with E-state index in [0.717, 1.165) is 45.7 Å². The van der Waals surface area contributed by atoms with E-state index in [1.165, 1.54) is 27.8 Å². The zero-order chi connectivity index (χ0) is 37.5. The summed E-state index contributed by atoms with van der Waals surface area (Å²) in [6, 6.07) is 43.1. The summed E-state index contributed by atoms with van der Waals surface area (Å²) in [5, 5.41) is 0. The van der Waals surface area contributed by atoms with Crippen molar-refractivity contribution in [3.63, 3.8) is 0 Å². The van der Waals surface area contributed by atoms with Crippen LogP contribution in [-0.4, -0.2) is 27.2 Å². The van der Waals surface area contributed by atoms with Gasteiger partial charge in [0.05, 0.1) is 11.5 Å². The lowest BCUT2D eigenvalue weighted by Crippen LogP contribution is -2.50. The Hall–Kier alpha value is -6.72. The molecule has 1 aromatic heterocycles. The molecule has 2 unspecified atom stereocenters. The highest BCUT2D eigenvalue weighted by Crippen LogP contribution is 2.68. The Bertz CT molecular complexity index is 2740. The van der Waals surface area contributed by atoms with E-state index in [0.29, 0.717) is 17.5 Å². The van der Waals surface area contributed by atoms with Gasteiger partial charge in [0.15, 0.2) is 17.5 Å². The number of ether oxygens (including phenoxy) is 1. The first-order valence-corrected chi connectivity index (χ1v) is 19.4. The van der Waals surface area contributed by atoms with Crippen LogP contribution in [0.1, 0.15) is 42.5 Å². The number of fused-ring (bicyclic) bond motifs is 10. The maximum atomic E-state index is 6.87. The molecule has 0 N–H and O–H groups in total. The largest absolute Gasteiger partial charge is 0.461 e. The van der Waals surface area contributed by atoms with E-state index in [9.17, 15) is 0 Å². The summed E-state index contributed by atoms with van der Waals surface area (Å²) in [4.78, 5) is 20.4. The Morgan fingerprint density at radius 2 is 1.18 bits per heavy atom. The van der Waals surface area contributed by atoms with Gasteiger partial charge in [-0.2, -0.15) is 0 Å². The van der Waals surface area contributed by atoms with Crippen LogP contribution in [0.4, 0.5) is 0 Å². The Morgan fingerprint density at radius 1 is 0.571 bits per heavy atom. The van der Waals surface area contributed by atoms with Gasteiger partial charge in [-0.25, -0.2) is 15.0 Å². The number of aromatic nitrogens is 3. The van der Waals surface area contributed by atoms with Crippen LogP contribution < -0.4 is 4.74 Å². The maximum Gasteiger partial charge on any atom is 0.164 e. The average Bonchev–Trinajstić information content (AvgIpc) is 3.55. The second-order valence-electron chi connectivity index (χ2n) is 15.8. The SMILES string of the molecule is CC12C=CC=NC1C(c1ccc(-c3nc(-c4ccccc4)nc(-c4ccc5c(c4)C4(c6ccccc6-c6ccccc64)[C@@]4(C)CC=CC=C4O5)n3)cc1)=CC=C2. The van der Waals surface area contributed by atoms with Crippen LogP contribution in [0, 0.1) is 10.8 Å². The van der Waals surface area contributed by atoms with Crippen molar-refractivity contribution in [2.24, 2.45) is 15.8 Å². The average molecular weight is 723 g/mol. The molecule has 56 heavy (non-hydrogen) atoms. The molecule has 0 fully saturated rings. The van der Waals surface area contributed by atoms with E-state index in [2.05, 4.69) is 160 Å². The van der Waals surface area contributed by atoms with Crippen LogP contribution in [0.5, 0.6) is 5.75 Å². The number of allylic oxidation sites excluding steroid dienone is 7. The molecule has 11 rings (SSSR count). The Morgan fingerprint density at radius 3 is 1.91 bits per heavy atom. The standard InChI is InChI=1S/C51H38N4O/c1-49-28-12-18-37(45(49)52-31-13-29-49)33-22-24-35(25-23-33)47-53-46(34-14-4-3-5-15-34)54-48(55-47)36-26-27-43-42(32-36)51(50(2)30-11-10-21-44(50)56-43)40-19-8-6-16-38(40)39-17-7-9-20-41(39)51/h3-29,31-32,45H,30H2,1-2H3/t45?,49?,50-/m0/s1. The molecule has 3 atom stereocenters. The molecule has 2 aliphatic heterocycles. The molecule has 5 nitrogen and oxygen atoms in total. The summed E-state index contributed by atoms with van der Waals surface area (Å²) in [5.41, 5.74) is 10.3. The first-order valence-electron chi connectivity index (χ1n) is 19.4. The van der Waals surface area contributed by atoms with Crippen LogP contribution in [0.25, 0.3) is 50.9 Å². The lowest BCUT2D eigenvalue weighted by atomic mass is 9.52. The fourth-order valence-electron chi connectivity index (χ4n) is 9.88. The van der Waals surface area contributed by atoms with E-state index in [1.807, 2.05) is 30.5 Å². The van der Waals surface area contributed by atoms with Crippen LogP contribution in [0.15, 0.2) is 181 Å². The molecule has 268 valence electrons. The molecule has 5 heteroatoms. The highest BCUT2D eigenvalue weighted by atomic mass is 16.5. The highest BCUT2D eigenvalue weighted by Gasteiger charge is 2.62. The van der Waals surface area contributed by atoms with Crippen LogP contribution in [-0.2, 0) is 5.41 Å². The van der Waals surface area contributed by atoms with Gasteiger partial charge in [-0.15, -0.1) is 0 Å². The molecule has 3 heterocycles. The van der Waals surface area contributed by atoms with Crippen LogP contribution in [0.3, 0.4) is 0 Å². The quantitative estimate of drug-likeness (QED) is 0.182. The Balaban J connectivity index is 1.08. The minimum atomic E-state index is -0.508. The van der Waals surface area contributed by atoms with Crippen molar-refractivity contribution < 1.29 is 4.74 Å². The maximum absolute atomic E-state index is 6.87. The predicted molar refractivity (Wildman–Crippen MR) is 225 cm³/mol. The van der Waals surface area contributed by atoms with Gasteiger partial charge in [0.1, 0.15) is 11.5 Å². The predicted octanol–water partition coefficient (Wildman–Crippen LogP) is 11.4. The third-order valence-electron chi connectivity index (χ3n) is 12.6. The van der Waals surface area contributed by atoms with E-state index in [-0.39, 0.29) is 16.9 Å². The molecule has 0 bridgehead atoms. The second-order valence-corrected chi connectivity index (χ2v) is 15.8. The first kappa shape index (κ1) is 32.7. The fraction of sp³-hybridized carbons (Fsp3) is 0.137. The summed E-state index contributed by atoms with van der Waals surface area (Å²) in [7, 11) is 0. The molecular formula is C51H38N4O. The number of benzene rings is 5. The normalized spacial score (nSPS) is 22.9. The van der Waals surface area contributed by atoms with Crippen molar-refractivity contribution in [2.75, 3.05) is 0 Å². The number of aliphatic imine (C=N–C) groups is 1. The summed E-state index contributed by atoms with van der Waals surface area (Å²) in [5.74, 6) is 3.71. The number of dihydropyridines is 1. The van der Waals surface area contributed by atoms with E-state index in [1.54, 1.807) is 0 Å². The van der Waals surface area contributed by atoms with Gasteiger partial charge in [0.25, 0.3) is 0 Å². The Kier molecular flexibility index (Phi) is 7.09. The first-order chi connectivity index (χ1) is 27.5. The zero-order valence-electron chi connectivity index (χ0n) is 31.2. The third-order valence-corrected chi connectivity index (χ3v) is 12.6. The number of hydrogen-bond donors (Lipinski definition) is 0. The highest BCUT2D eigenvalue weighted by molar-refractivity contribution is 5.87. The molecular weight excluding hydrogens is 685 g/mol. The van der Waals surface area contributed by atoms with Crippen molar-refractivity contribution in [2.45, 2.75) is 31.7 Å². The molecule has 0 amide bonds. The zero-order valence-corrected chi connectivity index (χ0v) is 31.2. The van der Waals surface area contributed by atoms with Gasteiger partial charge in [-0.1, -0.05) is 153 Å². The fourth-order valence-corrected chi connectivity index (χ4v) is 9.88. The number of rotatable bonds is 4. The molecule has 3 aliphatic carbocycles. The second kappa shape index (κ2) is 12.1. The van der Waals surface area contributed by atoms with Gasteiger partial charge in [-0.3, -0.25) is 4.99 Å². The molecule has 6 aromatic rings. The molecule has 0 radical (unpaired) electrons. The summed E-state index contributed by atoms with van der Waals surface area (Å²) < 4.78 is 6.87. The minimum Gasteiger partial charge on any atom is -0.461 e. The summed E-state index contributed by atoms with van der Waals surface area (Å²) >= 11 is 0. The van der Waals surface area contributed by atoms with Gasteiger partial charge >= 0.3 is 0 Å². The Labute approximate surface area is 326 Å². The van der Waals surface area contributed by atoms with Crippen LogP contribution >= 0.6 is 0 Å². The lowest BCUT2D eigenvalue weighted by molar-refractivity contribution is 0.153. The summed E-state index contributed by atoms with van der Waals surface area (Å²) in [6.07, 6.45) is 20.2. The van der Waals surface area contributed by atoms with Crippen molar-refractivity contribution in [1.29, 1.82) is 0 Å². The minimum absolute atomic E-state index is 0.0327. The third kappa shape index (κ3) is 4.61. The van der Waals surface area contributed by atoms with Gasteiger partial charge in [0.2, 0.25) is 0 Å². The smallest absolute Gasteiger partial charge is 0.164 e. The van der Waals surface area contributed by atoms with Gasteiger partial charge in [0, 0.05) is 39.3 Å².